The molecule has 0 saturated heterocycles. The Labute approximate surface area is 180 Å². The van der Waals surface area contributed by atoms with Gasteiger partial charge in [-0.25, -0.2) is 16.8 Å². The van der Waals surface area contributed by atoms with E-state index in [0.29, 0.717) is 0 Å². The molecule has 0 aliphatic heterocycles. The van der Waals surface area contributed by atoms with Gasteiger partial charge in [-0.2, -0.15) is 4.31 Å². The summed E-state index contributed by atoms with van der Waals surface area (Å²) in [5.41, 5.74) is -0.0200. The van der Waals surface area contributed by atoms with Crippen molar-refractivity contribution < 1.29 is 21.6 Å². The number of halogens is 2. The maximum atomic E-state index is 12.7. The average Bonchev–Trinajstić information content (AvgIpc) is 2.63. The van der Waals surface area contributed by atoms with Crippen LogP contribution in [0.4, 0.5) is 5.69 Å². The number of sulfonamides is 1. The molecule has 0 radical (unpaired) electrons. The predicted molar refractivity (Wildman–Crippen MR) is 114 cm³/mol. The number of sulfone groups is 1. The molecule has 29 heavy (non-hydrogen) atoms. The van der Waals surface area contributed by atoms with Crippen LogP contribution in [0.5, 0.6) is 0 Å². The van der Waals surface area contributed by atoms with E-state index >= 15 is 0 Å². The number of nitrogens with zero attached hydrogens (tertiary/aromatic N) is 1. The van der Waals surface area contributed by atoms with E-state index in [9.17, 15) is 21.6 Å². The molecule has 0 fully saturated rings. The van der Waals surface area contributed by atoms with Gasteiger partial charge in [0.05, 0.1) is 31.1 Å². The first kappa shape index (κ1) is 23.6. The Morgan fingerprint density at radius 1 is 0.931 bits per heavy atom. The van der Waals surface area contributed by atoms with Crippen LogP contribution >= 0.6 is 23.2 Å². The molecule has 0 heterocycles. The van der Waals surface area contributed by atoms with Crippen LogP contribution in [0.3, 0.4) is 0 Å². The Balaban J connectivity index is 2.44. The van der Waals surface area contributed by atoms with Crippen molar-refractivity contribution >= 4 is 54.7 Å². The number of nitrogens with one attached hydrogen (secondary N) is 1. The lowest BCUT2D eigenvalue weighted by Crippen LogP contribution is -2.30. The lowest BCUT2D eigenvalue weighted by molar-refractivity contribution is 0.102. The molecule has 7 nitrogen and oxygen atoms in total. The summed E-state index contributed by atoms with van der Waals surface area (Å²) in [7, 11) is -7.30. The van der Waals surface area contributed by atoms with Gasteiger partial charge in [0.2, 0.25) is 10.0 Å². The minimum absolute atomic E-state index is 0.0307. The Hall–Kier alpha value is -1.65. The fraction of sp³-hybridized carbons (Fsp3) is 0.278. The quantitative estimate of drug-likeness (QED) is 0.653. The smallest absolute Gasteiger partial charge is 0.257 e. The fourth-order valence-corrected chi connectivity index (χ4v) is 5.07. The summed E-state index contributed by atoms with van der Waals surface area (Å²) in [5, 5.41) is 2.66. The van der Waals surface area contributed by atoms with Gasteiger partial charge in [0.1, 0.15) is 0 Å². The summed E-state index contributed by atoms with van der Waals surface area (Å²) in [6.07, 6.45) is 1.01. The molecule has 0 bridgehead atoms. The summed E-state index contributed by atoms with van der Waals surface area (Å²) in [4.78, 5) is 12.6. The lowest BCUT2D eigenvalue weighted by atomic mass is 10.2. The zero-order chi connectivity index (χ0) is 22.0. The van der Waals surface area contributed by atoms with E-state index in [4.69, 9.17) is 23.2 Å². The van der Waals surface area contributed by atoms with Crippen LogP contribution < -0.4 is 5.32 Å². The highest BCUT2D eigenvalue weighted by Crippen LogP contribution is 2.28. The third-order valence-corrected chi connectivity index (χ3v) is 7.96. The van der Waals surface area contributed by atoms with Crippen LogP contribution in [0.15, 0.2) is 46.2 Å². The van der Waals surface area contributed by atoms with E-state index in [-0.39, 0.29) is 44.2 Å². The molecule has 11 heteroatoms. The van der Waals surface area contributed by atoms with E-state index in [1.165, 1.54) is 34.6 Å². The van der Waals surface area contributed by atoms with Crippen LogP contribution in [0.1, 0.15) is 24.2 Å². The molecular weight excluding hydrogens is 459 g/mol. The zero-order valence-electron chi connectivity index (χ0n) is 15.9. The number of carbonyl (C=O) groups excluding carboxylic acids is 1. The van der Waals surface area contributed by atoms with Crippen molar-refractivity contribution in [3.05, 3.63) is 52.0 Å². The minimum Gasteiger partial charge on any atom is -0.321 e. The second-order valence-corrected chi connectivity index (χ2v) is 10.9. The van der Waals surface area contributed by atoms with Gasteiger partial charge in [0.25, 0.3) is 5.91 Å². The van der Waals surface area contributed by atoms with Gasteiger partial charge >= 0.3 is 0 Å². The van der Waals surface area contributed by atoms with Crippen molar-refractivity contribution in [1.29, 1.82) is 0 Å². The third-order valence-electron chi connectivity index (χ3n) is 4.14. The van der Waals surface area contributed by atoms with Gasteiger partial charge in [-0.3, -0.25) is 4.79 Å². The highest BCUT2D eigenvalue weighted by molar-refractivity contribution is 7.90. The molecule has 0 aromatic heterocycles. The van der Waals surface area contributed by atoms with Crippen LogP contribution in [0, 0.1) is 0 Å². The van der Waals surface area contributed by atoms with Crippen LogP contribution in [-0.4, -0.2) is 46.4 Å². The molecular formula is C18H20Cl2N2O5S2. The third kappa shape index (κ3) is 5.29. The standard InChI is InChI=1S/C18H20Cl2N2O5S2/c1-4-22(5-2)29(26,27)13-7-9-16(20)17(11-13)21-18(23)14-10-12(28(3,24)25)6-8-15(14)19/h6-11H,4-5H2,1-3H3,(H,21,23). The molecule has 158 valence electrons. The first-order valence-corrected chi connectivity index (χ1v) is 12.6. The van der Waals surface area contributed by atoms with Gasteiger partial charge in [-0.15, -0.1) is 0 Å². The zero-order valence-corrected chi connectivity index (χ0v) is 19.1. The van der Waals surface area contributed by atoms with Crippen LogP contribution in [0.2, 0.25) is 10.0 Å². The molecule has 2 aromatic rings. The van der Waals surface area contributed by atoms with Crippen molar-refractivity contribution in [3.63, 3.8) is 0 Å². The molecule has 0 aliphatic carbocycles. The monoisotopic (exact) mass is 478 g/mol. The second kappa shape index (κ2) is 9.01. The maximum Gasteiger partial charge on any atom is 0.257 e. The van der Waals surface area contributed by atoms with E-state index in [2.05, 4.69) is 5.32 Å². The van der Waals surface area contributed by atoms with Crippen molar-refractivity contribution in [2.24, 2.45) is 0 Å². The molecule has 0 atom stereocenters. The minimum atomic E-state index is -3.76. The molecule has 0 saturated carbocycles. The van der Waals surface area contributed by atoms with Gasteiger partial charge < -0.3 is 5.32 Å². The predicted octanol–water partition coefficient (Wildman–Crippen LogP) is 3.68. The largest absolute Gasteiger partial charge is 0.321 e. The first-order valence-electron chi connectivity index (χ1n) is 8.52. The molecule has 0 aliphatic rings. The average molecular weight is 479 g/mol. The molecule has 1 amide bonds. The normalized spacial score (nSPS) is 12.2. The van der Waals surface area contributed by atoms with Crippen molar-refractivity contribution in [3.8, 4) is 0 Å². The Morgan fingerprint density at radius 3 is 2.03 bits per heavy atom. The number of anilines is 1. The maximum absolute atomic E-state index is 12.7. The summed E-state index contributed by atoms with van der Waals surface area (Å²) in [6, 6.07) is 7.71. The number of hydrogen-bond acceptors (Lipinski definition) is 5. The van der Waals surface area contributed by atoms with E-state index in [1.54, 1.807) is 13.8 Å². The molecule has 1 N–H and O–H groups in total. The number of carbonyl (C=O) groups is 1. The highest BCUT2D eigenvalue weighted by Gasteiger charge is 2.23. The van der Waals surface area contributed by atoms with Crippen molar-refractivity contribution in [2.75, 3.05) is 24.7 Å². The number of rotatable bonds is 7. The Kier molecular flexibility index (Phi) is 7.34. The van der Waals surface area contributed by atoms with Gasteiger partial charge in [0, 0.05) is 19.3 Å². The highest BCUT2D eigenvalue weighted by atomic mass is 35.5. The van der Waals surface area contributed by atoms with Gasteiger partial charge in [0.15, 0.2) is 9.84 Å². The number of amides is 1. The molecule has 2 aromatic carbocycles. The number of benzene rings is 2. The topological polar surface area (TPSA) is 101 Å². The van der Waals surface area contributed by atoms with Crippen molar-refractivity contribution in [1.82, 2.24) is 4.31 Å². The Morgan fingerprint density at radius 2 is 1.48 bits per heavy atom. The summed E-state index contributed by atoms with van der Waals surface area (Å²) in [5.74, 6) is -0.722. The summed E-state index contributed by atoms with van der Waals surface area (Å²) < 4.78 is 50.2. The number of hydrogen-bond donors (Lipinski definition) is 1. The molecule has 0 spiro atoms. The van der Waals surface area contributed by atoms with E-state index < -0.39 is 25.8 Å². The summed E-state index contributed by atoms with van der Waals surface area (Å²) >= 11 is 12.2. The second-order valence-electron chi connectivity index (χ2n) is 6.10. The van der Waals surface area contributed by atoms with E-state index in [0.717, 1.165) is 12.3 Å². The first-order chi connectivity index (χ1) is 13.4. The fourth-order valence-electron chi connectivity index (χ4n) is 2.57. The van der Waals surface area contributed by atoms with Gasteiger partial charge in [-0.05, 0) is 36.4 Å². The summed E-state index contributed by atoms with van der Waals surface area (Å²) in [6.45, 7) is 4.01. The van der Waals surface area contributed by atoms with Crippen LogP contribution in [-0.2, 0) is 19.9 Å². The SMILES string of the molecule is CCN(CC)S(=O)(=O)c1ccc(Cl)c(NC(=O)c2cc(S(C)(=O)=O)ccc2Cl)c1. The lowest BCUT2D eigenvalue weighted by Gasteiger charge is -2.19. The van der Waals surface area contributed by atoms with Crippen LogP contribution in [0.25, 0.3) is 0 Å². The Bertz CT molecular complexity index is 1140. The van der Waals surface area contributed by atoms with E-state index in [1.807, 2.05) is 0 Å². The molecule has 2 rings (SSSR count). The van der Waals surface area contributed by atoms with Gasteiger partial charge in [-0.1, -0.05) is 37.0 Å². The van der Waals surface area contributed by atoms with Crippen molar-refractivity contribution in [2.45, 2.75) is 23.6 Å². The molecule has 0 unspecified atom stereocenters.